The summed E-state index contributed by atoms with van der Waals surface area (Å²) in [6.07, 6.45) is 12.5. The molecule has 4 nitrogen and oxygen atoms in total. The summed E-state index contributed by atoms with van der Waals surface area (Å²) in [5.74, 6) is -0.306. The standard InChI is InChI=1S/C17H35NO3/c1-3-4-5-6-7-8-9-10-11-12-13-14-16(20)21-17(18)15(2)19/h15,17,19H,3-14,18H2,1-2H3. The van der Waals surface area contributed by atoms with Gasteiger partial charge in [0, 0.05) is 6.42 Å². The van der Waals surface area contributed by atoms with Crippen LogP contribution in [0.15, 0.2) is 0 Å². The Morgan fingerprint density at radius 1 is 0.952 bits per heavy atom. The van der Waals surface area contributed by atoms with Gasteiger partial charge >= 0.3 is 5.97 Å². The third-order valence-electron chi connectivity index (χ3n) is 3.73. The first kappa shape index (κ1) is 20.4. The number of esters is 1. The second-order valence-corrected chi connectivity index (χ2v) is 5.98. The first-order chi connectivity index (χ1) is 10.1. The van der Waals surface area contributed by atoms with Crippen molar-refractivity contribution in [3.63, 3.8) is 0 Å². The van der Waals surface area contributed by atoms with Gasteiger partial charge in [-0.2, -0.15) is 0 Å². The van der Waals surface area contributed by atoms with E-state index in [1.54, 1.807) is 0 Å². The second kappa shape index (κ2) is 14.3. The zero-order chi connectivity index (χ0) is 15.9. The highest BCUT2D eigenvalue weighted by atomic mass is 16.6. The molecule has 0 aliphatic heterocycles. The number of aliphatic hydroxyl groups excluding tert-OH is 1. The van der Waals surface area contributed by atoms with Crippen molar-refractivity contribution >= 4 is 5.97 Å². The number of carbonyl (C=O) groups excluding carboxylic acids is 1. The number of hydrogen-bond acceptors (Lipinski definition) is 4. The van der Waals surface area contributed by atoms with Crippen LogP contribution in [0.4, 0.5) is 0 Å². The van der Waals surface area contributed by atoms with Crippen LogP contribution in [0.1, 0.15) is 90.9 Å². The van der Waals surface area contributed by atoms with E-state index in [4.69, 9.17) is 15.6 Å². The smallest absolute Gasteiger partial charge is 0.307 e. The summed E-state index contributed by atoms with van der Waals surface area (Å²) in [5.41, 5.74) is 5.45. The first-order valence-corrected chi connectivity index (χ1v) is 8.71. The van der Waals surface area contributed by atoms with Crippen LogP contribution in [0.25, 0.3) is 0 Å². The number of hydrogen-bond donors (Lipinski definition) is 2. The SMILES string of the molecule is CCCCCCCCCCCCCC(=O)OC(N)C(C)O. The molecule has 0 aliphatic carbocycles. The average Bonchev–Trinajstić information content (AvgIpc) is 2.44. The Balaban J connectivity index is 3.23. The number of rotatable bonds is 14. The van der Waals surface area contributed by atoms with Crippen molar-refractivity contribution in [1.82, 2.24) is 0 Å². The predicted molar refractivity (Wildman–Crippen MR) is 86.8 cm³/mol. The van der Waals surface area contributed by atoms with Crippen molar-refractivity contribution in [2.24, 2.45) is 5.73 Å². The van der Waals surface area contributed by atoms with Crippen molar-refractivity contribution in [1.29, 1.82) is 0 Å². The molecule has 0 heterocycles. The van der Waals surface area contributed by atoms with Crippen molar-refractivity contribution in [2.75, 3.05) is 0 Å². The van der Waals surface area contributed by atoms with Crippen molar-refractivity contribution in [2.45, 2.75) is 103 Å². The average molecular weight is 301 g/mol. The summed E-state index contributed by atoms with van der Waals surface area (Å²) in [4.78, 5) is 11.4. The lowest BCUT2D eigenvalue weighted by atomic mass is 10.1. The van der Waals surface area contributed by atoms with E-state index in [9.17, 15) is 4.79 Å². The molecule has 4 heteroatoms. The molecule has 0 fully saturated rings. The number of unbranched alkanes of at least 4 members (excludes halogenated alkanes) is 10. The summed E-state index contributed by atoms with van der Waals surface area (Å²) in [6, 6.07) is 0. The van der Waals surface area contributed by atoms with Crippen LogP contribution < -0.4 is 5.73 Å². The van der Waals surface area contributed by atoms with Gasteiger partial charge in [0.2, 0.25) is 0 Å². The molecule has 0 spiro atoms. The van der Waals surface area contributed by atoms with E-state index in [-0.39, 0.29) is 5.97 Å². The van der Waals surface area contributed by atoms with Gasteiger partial charge in [-0.1, -0.05) is 71.1 Å². The molecule has 0 saturated carbocycles. The molecule has 0 aromatic rings. The quantitative estimate of drug-likeness (QED) is 0.290. The predicted octanol–water partition coefficient (Wildman–Crippen LogP) is 3.90. The summed E-state index contributed by atoms with van der Waals surface area (Å²) < 4.78 is 4.89. The molecule has 0 bridgehead atoms. The van der Waals surface area contributed by atoms with Crippen LogP contribution in [0.2, 0.25) is 0 Å². The highest BCUT2D eigenvalue weighted by Gasteiger charge is 2.14. The zero-order valence-corrected chi connectivity index (χ0v) is 14.0. The fourth-order valence-electron chi connectivity index (χ4n) is 2.24. The van der Waals surface area contributed by atoms with Crippen LogP contribution in [-0.2, 0) is 9.53 Å². The van der Waals surface area contributed by atoms with Gasteiger partial charge in [0.15, 0.2) is 6.23 Å². The van der Waals surface area contributed by atoms with Crippen LogP contribution in [-0.4, -0.2) is 23.4 Å². The lowest BCUT2D eigenvalue weighted by Crippen LogP contribution is -2.37. The number of nitrogens with two attached hydrogens (primary N) is 1. The van der Waals surface area contributed by atoms with E-state index in [0.717, 1.165) is 12.8 Å². The third-order valence-corrected chi connectivity index (χ3v) is 3.73. The van der Waals surface area contributed by atoms with Crippen LogP contribution >= 0.6 is 0 Å². The molecule has 0 saturated heterocycles. The van der Waals surface area contributed by atoms with Gasteiger partial charge in [-0.05, 0) is 13.3 Å². The summed E-state index contributed by atoms with van der Waals surface area (Å²) >= 11 is 0. The molecular weight excluding hydrogens is 266 g/mol. The van der Waals surface area contributed by atoms with Crippen molar-refractivity contribution in [3.8, 4) is 0 Å². The summed E-state index contributed by atoms with van der Waals surface area (Å²) in [5, 5.41) is 9.13. The minimum absolute atomic E-state index is 0.306. The van der Waals surface area contributed by atoms with E-state index < -0.39 is 12.3 Å². The molecular formula is C17H35NO3. The largest absolute Gasteiger partial charge is 0.444 e. The number of ether oxygens (including phenoxy) is 1. The number of aliphatic hydroxyl groups is 1. The van der Waals surface area contributed by atoms with Gasteiger partial charge in [-0.25, -0.2) is 0 Å². The van der Waals surface area contributed by atoms with Gasteiger partial charge in [-0.3, -0.25) is 10.5 Å². The first-order valence-electron chi connectivity index (χ1n) is 8.71. The van der Waals surface area contributed by atoms with Gasteiger partial charge in [0.05, 0.1) is 0 Å². The summed E-state index contributed by atoms with van der Waals surface area (Å²) in [7, 11) is 0. The normalized spacial score (nSPS) is 13.9. The molecule has 3 N–H and O–H groups in total. The topological polar surface area (TPSA) is 72.5 Å². The Morgan fingerprint density at radius 3 is 1.81 bits per heavy atom. The molecule has 2 atom stereocenters. The van der Waals surface area contributed by atoms with Crippen LogP contribution in [0.5, 0.6) is 0 Å². The van der Waals surface area contributed by atoms with E-state index >= 15 is 0 Å². The fourth-order valence-corrected chi connectivity index (χ4v) is 2.24. The fraction of sp³-hybridized carbons (Fsp3) is 0.941. The number of carbonyl (C=O) groups is 1. The summed E-state index contributed by atoms with van der Waals surface area (Å²) in [6.45, 7) is 3.76. The lowest BCUT2D eigenvalue weighted by Gasteiger charge is -2.15. The Labute approximate surface area is 130 Å². The van der Waals surface area contributed by atoms with Gasteiger partial charge in [0.25, 0.3) is 0 Å². The van der Waals surface area contributed by atoms with E-state index in [1.807, 2.05) is 0 Å². The maximum atomic E-state index is 11.4. The van der Waals surface area contributed by atoms with E-state index in [1.165, 1.54) is 64.7 Å². The molecule has 2 unspecified atom stereocenters. The van der Waals surface area contributed by atoms with E-state index in [0.29, 0.717) is 6.42 Å². The van der Waals surface area contributed by atoms with Crippen LogP contribution in [0.3, 0.4) is 0 Å². The van der Waals surface area contributed by atoms with Gasteiger partial charge in [-0.15, -0.1) is 0 Å². The minimum atomic E-state index is -0.898. The molecule has 0 radical (unpaired) electrons. The Hall–Kier alpha value is -0.610. The Bertz CT molecular complexity index is 244. The van der Waals surface area contributed by atoms with Gasteiger partial charge < -0.3 is 9.84 Å². The van der Waals surface area contributed by atoms with E-state index in [2.05, 4.69) is 6.92 Å². The maximum absolute atomic E-state index is 11.4. The van der Waals surface area contributed by atoms with Crippen LogP contribution in [0, 0.1) is 0 Å². The van der Waals surface area contributed by atoms with Gasteiger partial charge in [0.1, 0.15) is 6.10 Å². The second-order valence-electron chi connectivity index (χ2n) is 5.98. The Morgan fingerprint density at radius 2 is 1.38 bits per heavy atom. The molecule has 0 amide bonds. The maximum Gasteiger partial charge on any atom is 0.307 e. The molecule has 0 aromatic heterocycles. The highest BCUT2D eigenvalue weighted by Crippen LogP contribution is 2.12. The highest BCUT2D eigenvalue weighted by molar-refractivity contribution is 5.69. The molecule has 126 valence electrons. The lowest BCUT2D eigenvalue weighted by molar-refractivity contribution is -0.154. The minimum Gasteiger partial charge on any atom is -0.444 e. The molecule has 21 heavy (non-hydrogen) atoms. The zero-order valence-electron chi connectivity index (χ0n) is 14.0. The van der Waals surface area contributed by atoms with Crippen molar-refractivity contribution < 1.29 is 14.6 Å². The third kappa shape index (κ3) is 14.1. The molecule has 0 aliphatic rings. The van der Waals surface area contributed by atoms with Crippen molar-refractivity contribution in [3.05, 3.63) is 0 Å². The molecule has 0 aromatic carbocycles. The molecule has 0 rings (SSSR count). The monoisotopic (exact) mass is 301 g/mol. The Kier molecular flexibility index (Phi) is 13.9.